The zero-order chi connectivity index (χ0) is 27.7. The van der Waals surface area contributed by atoms with Crippen molar-refractivity contribution in [2.45, 2.75) is 38.5 Å². The second-order valence-electron chi connectivity index (χ2n) is 9.54. The standard InChI is InChI=1S/C30H30N6O2S/c1-5-9-24(37)36-16-8-14-30(36,39-4)29-34-25(26-27(31)32-15-17-35(26)29)21-12-13-22(20(3)18-21)28(38)33-23-11-7-6-10-19(23)2/h6-7,10-13,15,17-18H,8,14,16H2,1-4H3,(H2,31,32)(H,33,38). The normalized spacial score (nSPS) is 16.7. The summed E-state index contributed by atoms with van der Waals surface area (Å²) in [5.41, 5.74) is 11.7. The number of aromatic nitrogens is 3. The van der Waals surface area contributed by atoms with Crippen LogP contribution in [0.3, 0.4) is 0 Å². The number of nitrogens with one attached hydrogen (secondary N) is 1. The molecule has 9 heteroatoms. The second-order valence-corrected chi connectivity index (χ2v) is 10.6. The van der Waals surface area contributed by atoms with Gasteiger partial charge in [0.2, 0.25) is 0 Å². The number of aryl methyl sites for hydroxylation is 2. The van der Waals surface area contributed by atoms with Gasteiger partial charge in [0.25, 0.3) is 11.8 Å². The lowest BCUT2D eigenvalue weighted by Crippen LogP contribution is -2.43. The number of benzene rings is 2. The number of amides is 2. The lowest BCUT2D eigenvalue weighted by atomic mass is 10.0. The number of likely N-dealkylation sites (tertiary alicyclic amines) is 1. The highest BCUT2D eigenvalue weighted by Gasteiger charge is 2.48. The van der Waals surface area contributed by atoms with Crippen molar-refractivity contribution >= 4 is 40.6 Å². The first-order valence-electron chi connectivity index (χ1n) is 12.7. The molecule has 1 saturated heterocycles. The Bertz CT molecular complexity index is 1670. The van der Waals surface area contributed by atoms with E-state index in [2.05, 4.69) is 22.1 Å². The first kappa shape index (κ1) is 26.3. The molecule has 1 unspecified atom stereocenters. The summed E-state index contributed by atoms with van der Waals surface area (Å²) in [5.74, 6) is 6.08. The van der Waals surface area contributed by atoms with Gasteiger partial charge in [-0.3, -0.25) is 14.0 Å². The van der Waals surface area contributed by atoms with E-state index in [9.17, 15) is 9.59 Å². The van der Waals surface area contributed by atoms with Gasteiger partial charge >= 0.3 is 0 Å². The maximum atomic E-state index is 13.1. The number of nitrogens with two attached hydrogens (primary N) is 1. The second kappa shape index (κ2) is 10.5. The van der Waals surface area contributed by atoms with Crippen molar-refractivity contribution in [1.82, 2.24) is 19.3 Å². The van der Waals surface area contributed by atoms with Gasteiger partial charge in [-0.1, -0.05) is 30.2 Å². The SMILES string of the molecule is CC#CC(=O)N1CCCC1(SC)c1nc(-c2ccc(C(=O)Nc3ccccc3C)c(C)c2)c2c(N)nccn12. The van der Waals surface area contributed by atoms with Crippen LogP contribution in [-0.2, 0) is 9.67 Å². The third-order valence-corrected chi connectivity index (χ3v) is 8.50. The van der Waals surface area contributed by atoms with Crippen LogP contribution >= 0.6 is 11.8 Å². The summed E-state index contributed by atoms with van der Waals surface area (Å²) < 4.78 is 1.94. The van der Waals surface area contributed by atoms with Crippen LogP contribution in [0.15, 0.2) is 54.9 Å². The molecular formula is C30H30N6O2S. The molecule has 2 amide bonds. The molecule has 198 valence electrons. The van der Waals surface area contributed by atoms with Crippen molar-refractivity contribution < 1.29 is 9.59 Å². The Morgan fingerprint density at radius 1 is 1.15 bits per heavy atom. The molecule has 0 aliphatic carbocycles. The van der Waals surface area contributed by atoms with E-state index in [0.717, 1.165) is 35.2 Å². The highest BCUT2D eigenvalue weighted by molar-refractivity contribution is 7.99. The summed E-state index contributed by atoms with van der Waals surface area (Å²) in [7, 11) is 0. The number of para-hydroxylation sites is 1. The summed E-state index contributed by atoms with van der Waals surface area (Å²) in [6.45, 7) is 6.13. The van der Waals surface area contributed by atoms with Gasteiger partial charge in [-0.2, -0.15) is 0 Å². The summed E-state index contributed by atoms with van der Waals surface area (Å²) in [6.07, 6.45) is 7.04. The summed E-state index contributed by atoms with van der Waals surface area (Å²) in [5, 5.41) is 3.00. The van der Waals surface area contributed by atoms with Gasteiger partial charge in [-0.25, -0.2) is 9.97 Å². The predicted octanol–water partition coefficient (Wildman–Crippen LogP) is 5.01. The van der Waals surface area contributed by atoms with Crippen LogP contribution in [0.25, 0.3) is 16.8 Å². The van der Waals surface area contributed by atoms with Crippen LogP contribution in [0.4, 0.5) is 11.5 Å². The van der Waals surface area contributed by atoms with E-state index in [0.29, 0.717) is 35.0 Å². The van der Waals surface area contributed by atoms with Crippen molar-refractivity contribution in [3.05, 3.63) is 77.4 Å². The van der Waals surface area contributed by atoms with Crippen LogP contribution in [0.5, 0.6) is 0 Å². The maximum absolute atomic E-state index is 13.1. The van der Waals surface area contributed by atoms with Gasteiger partial charge in [0, 0.05) is 35.8 Å². The van der Waals surface area contributed by atoms with E-state index in [1.165, 1.54) is 0 Å². The molecule has 2 aromatic heterocycles. The number of nitrogens with zero attached hydrogens (tertiary/aromatic N) is 4. The molecule has 3 heterocycles. The molecular weight excluding hydrogens is 508 g/mol. The highest BCUT2D eigenvalue weighted by atomic mass is 32.2. The number of hydrogen-bond acceptors (Lipinski definition) is 6. The molecule has 4 aromatic rings. The first-order valence-corrected chi connectivity index (χ1v) is 13.9. The van der Waals surface area contributed by atoms with Crippen LogP contribution in [0.2, 0.25) is 0 Å². The number of nitrogen functional groups attached to an aromatic ring is 1. The van der Waals surface area contributed by atoms with Crippen molar-refractivity contribution in [2.24, 2.45) is 0 Å². The van der Waals surface area contributed by atoms with Gasteiger partial charge in [-0.15, -0.1) is 11.8 Å². The maximum Gasteiger partial charge on any atom is 0.299 e. The fraction of sp³-hybridized carbons (Fsp3) is 0.267. The molecule has 0 spiro atoms. The number of anilines is 2. The van der Waals surface area contributed by atoms with Gasteiger partial charge in [0.05, 0.1) is 0 Å². The van der Waals surface area contributed by atoms with Crippen molar-refractivity contribution in [1.29, 1.82) is 0 Å². The molecule has 1 fully saturated rings. The number of carbonyl (C=O) groups excluding carboxylic acids is 2. The number of fused-ring (bicyclic) bond motifs is 1. The highest BCUT2D eigenvalue weighted by Crippen LogP contribution is 2.48. The minimum absolute atomic E-state index is 0.177. The van der Waals surface area contributed by atoms with Gasteiger partial charge in [0.1, 0.15) is 21.9 Å². The van der Waals surface area contributed by atoms with E-state index in [1.54, 1.807) is 24.9 Å². The Balaban J connectivity index is 1.60. The van der Waals surface area contributed by atoms with Crippen LogP contribution < -0.4 is 11.1 Å². The predicted molar refractivity (Wildman–Crippen MR) is 156 cm³/mol. The zero-order valence-electron chi connectivity index (χ0n) is 22.4. The minimum Gasteiger partial charge on any atom is -0.382 e. The lowest BCUT2D eigenvalue weighted by molar-refractivity contribution is -0.127. The number of carbonyl (C=O) groups is 2. The largest absolute Gasteiger partial charge is 0.382 e. The molecule has 0 saturated carbocycles. The Morgan fingerprint density at radius 3 is 2.67 bits per heavy atom. The monoisotopic (exact) mass is 538 g/mol. The molecule has 0 bridgehead atoms. The smallest absolute Gasteiger partial charge is 0.299 e. The van der Waals surface area contributed by atoms with Gasteiger partial charge in [-0.05, 0) is 75.1 Å². The fourth-order valence-corrected chi connectivity index (χ4v) is 6.35. The quantitative estimate of drug-likeness (QED) is 0.346. The Kier molecular flexibility index (Phi) is 7.06. The fourth-order valence-electron chi connectivity index (χ4n) is 5.28. The molecule has 39 heavy (non-hydrogen) atoms. The molecule has 0 radical (unpaired) electrons. The van der Waals surface area contributed by atoms with Gasteiger partial charge in [0.15, 0.2) is 5.82 Å². The molecule has 1 aliphatic rings. The molecule has 3 N–H and O–H groups in total. The third kappa shape index (κ3) is 4.51. The Labute approximate surface area is 232 Å². The summed E-state index contributed by atoms with van der Waals surface area (Å²) in [4.78, 5) is 36.7. The summed E-state index contributed by atoms with van der Waals surface area (Å²) in [6, 6.07) is 13.3. The van der Waals surface area contributed by atoms with Crippen molar-refractivity contribution in [3.8, 4) is 23.1 Å². The molecule has 1 atom stereocenters. The number of rotatable bonds is 5. The molecule has 8 nitrogen and oxygen atoms in total. The van der Waals surface area contributed by atoms with E-state index in [1.807, 2.05) is 78.1 Å². The molecule has 1 aliphatic heterocycles. The van der Waals surface area contributed by atoms with Crippen LogP contribution in [-0.4, -0.2) is 43.9 Å². The number of imidazole rings is 1. The average molecular weight is 539 g/mol. The first-order chi connectivity index (χ1) is 18.8. The topological polar surface area (TPSA) is 106 Å². The van der Waals surface area contributed by atoms with Gasteiger partial charge < -0.3 is 16.0 Å². The number of thioether (sulfide) groups is 1. The summed E-state index contributed by atoms with van der Waals surface area (Å²) >= 11 is 1.58. The Morgan fingerprint density at radius 2 is 1.95 bits per heavy atom. The average Bonchev–Trinajstić information content (AvgIpc) is 3.53. The lowest BCUT2D eigenvalue weighted by Gasteiger charge is -2.34. The van der Waals surface area contributed by atoms with E-state index < -0.39 is 4.87 Å². The van der Waals surface area contributed by atoms with Crippen molar-refractivity contribution in [3.63, 3.8) is 0 Å². The third-order valence-electron chi connectivity index (χ3n) is 7.22. The van der Waals surface area contributed by atoms with E-state index in [-0.39, 0.29) is 11.8 Å². The van der Waals surface area contributed by atoms with Crippen molar-refractivity contribution in [2.75, 3.05) is 23.9 Å². The van der Waals surface area contributed by atoms with E-state index >= 15 is 0 Å². The Hall–Kier alpha value is -4.29. The molecule has 5 rings (SSSR count). The molecule has 2 aromatic carbocycles. The van der Waals surface area contributed by atoms with E-state index in [4.69, 9.17) is 10.7 Å². The zero-order valence-corrected chi connectivity index (χ0v) is 23.2. The van der Waals surface area contributed by atoms with Crippen LogP contribution in [0, 0.1) is 25.7 Å². The van der Waals surface area contributed by atoms with Crippen LogP contribution in [0.1, 0.15) is 47.1 Å². The minimum atomic E-state index is -0.696. The number of hydrogen-bond donors (Lipinski definition) is 2.